The quantitative estimate of drug-likeness (QED) is 0.889. The Morgan fingerprint density at radius 1 is 1.09 bits per heavy atom. The van der Waals surface area contributed by atoms with Crippen LogP contribution in [0.4, 0.5) is 4.39 Å². The summed E-state index contributed by atoms with van der Waals surface area (Å²) in [6, 6.07) is 15.8. The van der Waals surface area contributed by atoms with Crippen molar-refractivity contribution in [3.63, 3.8) is 0 Å². The molecule has 4 heteroatoms. The van der Waals surface area contributed by atoms with Gasteiger partial charge in [0, 0.05) is 12.0 Å². The Kier molecular flexibility index (Phi) is 5.15. The van der Waals surface area contributed by atoms with Crippen LogP contribution in [-0.4, -0.2) is 19.1 Å². The number of hydrogen-bond donors (Lipinski definition) is 1. The number of hydrogen-bond acceptors (Lipinski definition) is 2. The minimum Gasteiger partial charge on any atom is -0.484 e. The highest BCUT2D eigenvalue weighted by Crippen LogP contribution is 2.24. The molecule has 22 heavy (non-hydrogen) atoms. The lowest BCUT2D eigenvalue weighted by atomic mass is 9.84. The molecule has 0 saturated carbocycles. The Balaban J connectivity index is 1.86. The SMILES string of the molecule is CC(C)(CNC(=O)COc1ccccc1)c1ccccc1F. The van der Waals surface area contributed by atoms with Crippen LogP contribution < -0.4 is 10.1 Å². The summed E-state index contributed by atoms with van der Waals surface area (Å²) in [6.07, 6.45) is 0. The van der Waals surface area contributed by atoms with Crippen LogP contribution >= 0.6 is 0 Å². The van der Waals surface area contributed by atoms with E-state index >= 15 is 0 Å². The van der Waals surface area contributed by atoms with E-state index in [9.17, 15) is 9.18 Å². The first-order valence-electron chi connectivity index (χ1n) is 7.18. The molecule has 3 nitrogen and oxygen atoms in total. The number of carbonyl (C=O) groups excluding carboxylic acids is 1. The van der Waals surface area contributed by atoms with Crippen LogP contribution in [0.2, 0.25) is 0 Å². The molecule has 116 valence electrons. The van der Waals surface area contributed by atoms with Gasteiger partial charge in [-0.25, -0.2) is 4.39 Å². The normalized spacial score (nSPS) is 11.0. The van der Waals surface area contributed by atoms with Gasteiger partial charge in [0.15, 0.2) is 6.61 Å². The van der Waals surface area contributed by atoms with Gasteiger partial charge < -0.3 is 10.1 Å². The van der Waals surface area contributed by atoms with Crippen LogP contribution in [0.1, 0.15) is 19.4 Å². The van der Waals surface area contributed by atoms with Gasteiger partial charge in [-0.05, 0) is 23.8 Å². The topological polar surface area (TPSA) is 38.3 Å². The van der Waals surface area contributed by atoms with Crippen LogP contribution in [-0.2, 0) is 10.2 Å². The zero-order valence-corrected chi connectivity index (χ0v) is 12.8. The molecule has 2 aromatic rings. The van der Waals surface area contributed by atoms with E-state index in [0.29, 0.717) is 17.9 Å². The summed E-state index contributed by atoms with van der Waals surface area (Å²) in [4.78, 5) is 11.8. The molecule has 0 atom stereocenters. The minimum atomic E-state index is -0.492. The van der Waals surface area contributed by atoms with E-state index < -0.39 is 5.41 Å². The summed E-state index contributed by atoms with van der Waals surface area (Å²) >= 11 is 0. The van der Waals surface area contributed by atoms with Gasteiger partial charge >= 0.3 is 0 Å². The average Bonchev–Trinajstić information content (AvgIpc) is 2.52. The van der Waals surface area contributed by atoms with E-state index in [2.05, 4.69) is 5.32 Å². The minimum absolute atomic E-state index is 0.0582. The maximum Gasteiger partial charge on any atom is 0.257 e. The summed E-state index contributed by atoms with van der Waals surface area (Å²) in [5.41, 5.74) is 0.0904. The van der Waals surface area contributed by atoms with Gasteiger partial charge in [0.2, 0.25) is 0 Å². The molecule has 2 aromatic carbocycles. The maximum absolute atomic E-state index is 13.8. The van der Waals surface area contributed by atoms with Gasteiger partial charge in [-0.1, -0.05) is 50.2 Å². The fraction of sp³-hybridized carbons (Fsp3) is 0.278. The molecule has 0 aliphatic rings. The number of para-hydroxylation sites is 1. The predicted molar refractivity (Wildman–Crippen MR) is 84.4 cm³/mol. The smallest absolute Gasteiger partial charge is 0.257 e. The largest absolute Gasteiger partial charge is 0.484 e. The van der Waals surface area contributed by atoms with Crippen molar-refractivity contribution in [1.82, 2.24) is 5.32 Å². The third-order valence-electron chi connectivity index (χ3n) is 3.44. The Hall–Kier alpha value is -2.36. The lowest BCUT2D eigenvalue weighted by Gasteiger charge is -2.26. The lowest BCUT2D eigenvalue weighted by molar-refractivity contribution is -0.123. The molecule has 0 unspecified atom stereocenters. The van der Waals surface area contributed by atoms with E-state index in [4.69, 9.17) is 4.74 Å². The number of nitrogens with one attached hydrogen (secondary N) is 1. The van der Waals surface area contributed by atoms with Crippen LogP contribution in [0.15, 0.2) is 54.6 Å². The van der Waals surface area contributed by atoms with Gasteiger partial charge in [0.1, 0.15) is 11.6 Å². The van der Waals surface area contributed by atoms with E-state index in [1.165, 1.54) is 6.07 Å². The Morgan fingerprint density at radius 2 is 1.73 bits per heavy atom. The highest BCUT2D eigenvalue weighted by Gasteiger charge is 2.24. The van der Waals surface area contributed by atoms with Crippen LogP contribution in [0.3, 0.4) is 0 Å². The van der Waals surface area contributed by atoms with Crippen molar-refractivity contribution < 1.29 is 13.9 Å². The summed E-state index contributed by atoms with van der Waals surface area (Å²) < 4.78 is 19.2. The molecular weight excluding hydrogens is 281 g/mol. The van der Waals surface area contributed by atoms with Gasteiger partial charge in [0.25, 0.3) is 5.91 Å². The first kappa shape index (κ1) is 16.0. The second kappa shape index (κ2) is 7.07. The van der Waals surface area contributed by atoms with Crippen molar-refractivity contribution in [2.24, 2.45) is 0 Å². The molecule has 1 amide bonds. The number of ether oxygens (including phenoxy) is 1. The number of benzene rings is 2. The monoisotopic (exact) mass is 301 g/mol. The molecule has 0 aliphatic carbocycles. The van der Waals surface area contributed by atoms with Crippen molar-refractivity contribution in [2.45, 2.75) is 19.3 Å². The first-order chi connectivity index (χ1) is 10.5. The first-order valence-corrected chi connectivity index (χ1v) is 7.18. The molecule has 0 bridgehead atoms. The van der Waals surface area contributed by atoms with E-state index in [0.717, 1.165) is 0 Å². The molecular formula is C18H20FNO2. The third kappa shape index (κ3) is 4.32. The standard InChI is InChI=1S/C18H20FNO2/c1-18(2,15-10-6-7-11-16(15)19)13-20-17(21)12-22-14-8-4-3-5-9-14/h3-11H,12-13H2,1-2H3,(H,20,21). The van der Waals surface area contributed by atoms with Gasteiger partial charge in [0.05, 0.1) is 0 Å². The number of carbonyl (C=O) groups is 1. The van der Waals surface area contributed by atoms with Crippen LogP contribution in [0, 0.1) is 5.82 Å². The fourth-order valence-electron chi connectivity index (χ4n) is 2.14. The lowest BCUT2D eigenvalue weighted by Crippen LogP contribution is -2.39. The highest BCUT2D eigenvalue weighted by atomic mass is 19.1. The van der Waals surface area contributed by atoms with E-state index in [1.807, 2.05) is 32.0 Å². The van der Waals surface area contributed by atoms with Crippen molar-refractivity contribution in [2.75, 3.05) is 13.2 Å². The summed E-state index contributed by atoms with van der Waals surface area (Å²) in [7, 11) is 0. The molecule has 1 N–H and O–H groups in total. The van der Waals surface area contributed by atoms with Crippen LogP contribution in [0.5, 0.6) is 5.75 Å². The third-order valence-corrected chi connectivity index (χ3v) is 3.44. The molecule has 0 aromatic heterocycles. The van der Waals surface area contributed by atoms with E-state index in [-0.39, 0.29) is 18.3 Å². The van der Waals surface area contributed by atoms with Crippen molar-refractivity contribution >= 4 is 5.91 Å². The summed E-state index contributed by atoms with van der Waals surface area (Å²) in [6.45, 7) is 4.07. The van der Waals surface area contributed by atoms with Crippen molar-refractivity contribution in [3.8, 4) is 5.75 Å². The molecule has 0 spiro atoms. The molecule has 0 heterocycles. The van der Waals surface area contributed by atoms with Gasteiger partial charge in [-0.3, -0.25) is 4.79 Å². The van der Waals surface area contributed by atoms with Crippen LogP contribution in [0.25, 0.3) is 0 Å². The Labute approximate surface area is 130 Å². The summed E-state index contributed by atoms with van der Waals surface area (Å²) in [5.74, 6) is 0.154. The average molecular weight is 301 g/mol. The second-order valence-electron chi connectivity index (χ2n) is 5.74. The van der Waals surface area contributed by atoms with Crippen molar-refractivity contribution in [3.05, 3.63) is 66.0 Å². The fourth-order valence-corrected chi connectivity index (χ4v) is 2.14. The van der Waals surface area contributed by atoms with Crippen molar-refractivity contribution in [1.29, 1.82) is 0 Å². The zero-order valence-electron chi connectivity index (χ0n) is 12.8. The number of amides is 1. The predicted octanol–water partition coefficient (Wildman–Crippen LogP) is 3.30. The number of rotatable bonds is 6. The van der Waals surface area contributed by atoms with Gasteiger partial charge in [-0.2, -0.15) is 0 Å². The molecule has 2 rings (SSSR count). The molecule has 0 saturated heterocycles. The Morgan fingerprint density at radius 3 is 2.41 bits per heavy atom. The van der Waals surface area contributed by atoms with E-state index in [1.54, 1.807) is 30.3 Å². The second-order valence-corrected chi connectivity index (χ2v) is 5.74. The zero-order chi connectivity index (χ0) is 16.0. The summed E-state index contributed by atoms with van der Waals surface area (Å²) in [5, 5.41) is 2.79. The maximum atomic E-state index is 13.8. The highest BCUT2D eigenvalue weighted by molar-refractivity contribution is 5.77. The molecule has 0 fully saturated rings. The molecule has 0 radical (unpaired) electrons. The Bertz CT molecular complexity index is 626. The molecule has 0 aliphatic heterocycles. The van der Waals surface area contributed by atoms with Gasteiger partial charge in [-0.15, -0.1) is 0 Å². The number of halogens is 1.